The Balaban J connectivity index is 1.44. The highest BCUT2D eigenvalue weighted by Crippen LogP contribution is 2.34. The number of thiazole rings is 1. The molecule has 1 aliphatic rings. The molecule has 0 aliphatic carbocycles. The van der Waals surface area contributed by atoms with E-state index in [1.807, 2.05) is 18.3 Å². The first-order chi connectivity index (χ1) is 14.6. The molecule has 0 amide bonds. The van der Waals surface area contributed by atoms with Crippen molar-refractivity contribution in [2.24, 2.45) is 5.92 Å². The quantitative estimate of drug-likeness (QED) is 0.450. The molecular weight excluding hydrogens is 412 g/mol. The highest BCUT2D eigenvalue weighted by Gasteiger charge is 2.13. The second-order valence-corrected chi connectivity index (χ2v) is 9.61. The summed E-state index contributed by atoms with van der Waals surface area (Å²) in [5.74, 6) is 0.584. The lowest BCUT2D eigenvalue weighted by Crippen LogP contribution is -2.25. The fraction of sp³-hybridized carbons (Fsp3) is 0.417. The van der Waals surface area contributed by atoms with Crippen molar-refractivity contribution in [1.29, 1.82) is 0 Å². The second kappa shape index (κ2) is 9.90. The van der Waals surface area contributed by atoms with Crippen LogP contribution in [0.15, 0.2) is 41.9 Å². The molecule has 0 radical (unpaired) electrons. The minimum atomic E-state index is 0.584. The highest BCUT2D eigenvalue weighted by molar-refractivity contribution is 7.13. The van der Waals surface area contributed by atoms with Crippen molar-refractivity contribution in [2.75, 3.05) is 31.5 Å². The smallest absolute Gasteiger partial charge is 0.124 e. The molecule has 4 nitrogen and oxygen atoms in total. The Morgan fingerprint density at radius 2 is 2.00 bits per heavy atom. The Morgan fingerprint density at radius 3 is 2.77 bits per heavy atom. The number of nitrogens with one attached hydrogen (secondary N) is 1. The number of hydrogen-bond acceptors (Lipinski definition) is 5. The van der Waals surface area contributed by atoms with Gasteiger partial charge in [0.25, 0.3) is 0 Å². The molecular formula is C24H29ClN4S. The monoisotopic (exact) mass is 440 g/mol. The molecule has 6 heteroatoms. The number of halogens is 1. The SMILES string of the molecule is CC(C)Cc1cc(-c2nc(-c3ccc(NCCN4CCCC4)cc3Cl)cs2)ccn1. The topological polar surface area (TPSA) is 41.1 Å². The molecule has 1 aromatic carbocycles. The van der Waals surface area contributed by atoms with Gasteiger partial charge in [0.1, 0.15) is 5.01 Å². The number of rotatable bonds is 8. The van der Waals surface area contributed by atoms with Crippen molar-refractivity contribution >= 4 is 28.6 Å². The predicted octanol–water partition coefficient (Wildman–Crippen LogP) is 6.23. The fourth-order valence-electron chi connectivity index (χ4n) is 3.87. The standard InChI is InChI=1S/C24H29ClN4S/c1-17(2)13-20-14-18(7-8-26-20)24-28-23(16-30-24)21-6-5-19(15-22(21)25)27-9-12-29-10-3-4-11-29/h5-8,14-17,27H,3-4,9-13H2,1-2H3. The van der Waals surface area contributed by atoms with Crippen LogP contribution in [-0.2, 0) is 6.42 Å². The van der Waals surface area contributed by atoms with Gasteiger partial charge in [-0.15, -0.1) is 11.3 Å². The lowest BCUT2D eigenvalue weighted by molar-refractivity contribution is 0.352. The van der Waals surface area contributed by atoms with Crippen LogP contribution in [0.5, 0.6) is 0 Å². The summed E-state index contributed by atoms with van der Waals surface area (Å²) in [6.45, 7) is 8.90. The average Bonchev–Trinajstić information content (AvgIpc) is 3.40. The van der Waals surface area contributed by atoms with E-state index in [2.05, 4.69) is 52.6 Å². The third kappa shape index (κ3) is 5.39. The zero-order valence-electron chi connectivity index (χ0n) is 17.7. The van der Waals surface area contributed by atoms with Gasteiger partial charge in [-0.1, -0.05) is 25.4 Å². The lowest BCUT2D eigenvalue weighted by atomic mass is 10.1. The maximum atomic E-state index is 6.61. The first-order valence-electron chi connectivity index (χ1n) is 10.8. The first-order valence-corrected chi connectivity index (χ1v) is 12.0. The van der Waals surface area contributed by atoms with Crippen molar-refractivity contribution in [1.82, 2.24) is 14.9 Å². The maximum Gasteiger partial charge on any atom is 0.124 e. The predicted molar refractivity (Wildman–Crippen MR) is 128 cm³/mol. The van der Waals surface area contributed by atoms with Crippen LogP contribution in [0, 0.1) is 5.92 Å². The van der Waals surface area contributed by atoms with Crippen LogP contribution in [0.3, 0.4) is 0 Å². The number of hydrogen-bond donors (Lipinski definition) is 1. The zero-order chi connectivity index (χ0) is 20.9. The normalized spacial score (nSPS) is 14.5. The molecule has 30 heavy (non-hydrogen) atoms. The lowest BCUT2D eigenvalue weighted by Gasteiger charge is -2.15. The van der Waals surface area contributed by atoms with E-state index in [1.54, 1.807) is 11.3 Å². The van der Waals surface area contributed by atoms with E-state index in [-0.39, 0.29) is 0 Å². The van der Waals surface area contributed by atoms with E-state index in [0.717, 1.165) is 57.7 Å². The number of pyridine rings is 1. The Hall–Kier alpha value is -1.95. The van der Waals surface area contributed by atoms with Crippen LogP contribution in [0.4, 0.5) is 5.69 Å². The summed E-state index contributed by atoms with van der Waals surface area (Å²) < 4.78 is 0. The van der Waals surface area contributed by atoms with Gasteiger partial charge in [-0.05, 0) is 68.6 Å². The molecule has 1 aliphatic heterocycles. The number of benzene rings is 1. The van der Waals surface area contributed by atoms with Crippen molar-refractivity contribution < 1.29 is 0 Å². The van der Waals surface area contributed by atoms with Crippen molar-refractivity contribution in [3.8, 4) is 21.8 Å². The second-order valence-electron chi connectivity index (χ2n) is 8.34. The van der Waals surface area contributed by atoms with Crippen LogP contribution in [-0.4, -0.2) is 41.0 Å². The molecule has 1 N–H and O–H groups in total. The number of anilines is 1. The minimum Gasteiger partial charge on any atom is -0.384 e. The molecule has 1 saturated heterocycles. The van der Waals surface area contributed by atoms with Crippen LogP contribution < -0.4 is 5.32 Å². The van der Waals surface area contributed by atoms with Gasteiger partial charge in [0.15, 0.2) is 0 Å². The molecule has 0 unspecified atom stereocenters. The van der Waals surface area contributed by atoms with Gasteiger partial charge in [0, 0.05) is 47.2 Å². The molecule has 3 aromatic rings. The van der Waals surface area contributed by atoms with E-state index < -0.39 is 0 Å². The fourth-order valence-corrected chi connectivity index (χ4v) is 4.96. The summed E-state index contributed by atoms with van der Waals surface area (Å²) in [5, 5.41) is 7.31. The van der Waals surface area contributed by atoms with Gasteiger partial charge >= 0.3 is 0 Å². The Labute approximate surface area is 188 Å². The van der Waals surface area contributed by atoms with Crippen LogP contribution in [0.1, 0.15) is 32.4 Å². The summed E-state index contributed by atoms with van der Waals surface area (Å²) in [7, 11) is 0. The molecule has 1 fully saturated rings. The van der Waals surface area contributed by atoms with E-state index in [0.29, 0.717) is 5.92 Å². The largest absolute Gasteiger partial charge is 0.384 e. The summed E-state index contributed by atoms with van der Waals surface area (Å²) >= 11 is 8.26. The van der Waals surface area contributed by atoms with E-state index in [9.17, 15) is 0 Å². The minimum absolute atomic E-state index is 0.584. The van der Waals surface area contributed by atoms with Crippen molar-refractivity contribution in [2.45, 2.75) is 33.1 Å². The Morgan fingerprint density at radius 1 is 1.17 bits per heavy atom. The van der Waals surface area contributed by atoms with Gasteiger partial charge in [0.2, 0.25) is 0 Å². The summed E-state index contributed by atoms with van der Waals surface area (Å²) in [6, 6.07) is 10.3. The molecule has 2 aromatic heterocycles. The number of likely N-dealkylation sites (tertiary alicyclic amines) is 1. The van der Waals surface area contributed by atoms with Crippen LogP contribution >= 0.6 is 22.9 Å². The Kier molecular flexibility index (Phi) is 7.03. The molecule has 0 saturated carbocycles. The Bertz CT molecular complexity index is 979. The summed E-state index contributed by atoms with van der Waals surface area (Å²) in [6.07, 6.45) is 5.51. The van der Waals surface area contributed by atoms with Crippen LogP contribution in [0.25, 0.3) is 21.8 Å². The summed E-state index contributed by atoms with van der Waals surface area (Å²) in [4.78, 5) is 11.8. The molecule has 3 heterocycles. The molecule has 158 valence electrons. The highest BCUT2D eigenvalue weighted by atomic mass is 35.5. The van der Waals surface area contributed by atoms with E-state index in [1.165, 1.54) is 25.9 Å². The summed E-state index contributed by atoms with van der Waals surface area (Å²) in [5.41, 5.74) is 5.19. The molecule has 0 atom stereocenters. The van der Waals surface area contributed by atoms with E-state index >= 15 is 0 Å². The van der Waals surface area contributed by atoms with Crippen molar-refractivity contribution in [3.05, 3.63) is 52.6 Å². The average molecular weight is 441 g/mol. The van der Waals surface area contributed by atoms with Gasteiger partial charge < -0.3 is 10.2 Å². The number of nitrogens with zero attached hydrogens (tertiary/aromatic N) is 3. The van der Waals surface area contributed by atoms with Gasteiger partial charge in [-0.25, -0.2) is 4.98 Å². The number of aromatic nitrogens is 2. The zero-order valence-corrected chi connectivity index (χ0v) is 19.3. The van der Waals surface area contributed by atoms with Gasteiger partial charge in [-0.2, -0.15) is 0 Å². The van der Waals surface area contributed by atoms with Crippen LogP contribution in [0.2, 0.25) is 5.02 Å². The third-order valence-electron chi connectivity index (χ3n) is 5.39. The molecule has 0 spiro atoms. The first kappa shape index (κ1) is 21.3. The third-order valence-corrected chi connectivity index (χ3v) is 6.59. The van der Waals surface area contributed by atoms with E-state index in [4.69, 9.17) is 16.6 Å². The van der Waals surface area contributed by atoms with Crippen molar-refractivity contribution in [3.63, 3.8) is 0 Å². The van der Waals surface area contributed by atoms with Gasteiger partial charge in [0.05, 0.1) is 10.7 Å². The molecule has 0 bridgehead atoms. The maximum absolute atomic E-state index is 6.61. The van der Waals surface area contributed by atoms with Gasteiger partial charge in [-0.3, -0.25) is 4.98 Å². The molecule has 4 rings (SSSR count).